The number of nitrogens with two attached hydrogens (primary N) is 1. The Kier molecular flexibility index (Phi) is 5.92. The third-order valence-electron chi connectivity index (χ3n) is 4.35. The van der Waals surface area contributed by atoms with Crippen molar-refractivity contribution in [1.82, 2.24) is 14.9 Å². The largest absolute Gasteiger partial charge is 0.391 e. The van der Waals surface area contributed by atoms with Crippen molar-refractivity contribution >= 4 is 12.0 Å². The molecule has 0 amide bonds. The molecule has 0 aliphatic carbocycles. The molecule has 2 unspecified atom stereocenters. The van der Waals surface area contributed by atoms with E-state index in [-0.39, 0.29) is 12.1 Å². The fourth-order valence-corrected chi connectivity index (χ4v) is 3.19. The Labute approximate surface area is 147 Å². The van der Waals surface area contributed by atoms with Gasteiger partial charge in [0.2, 0.25) is 0 Å². The van der Waals surface area contributed by atoms with E-state index < -0.39 is 0 Å². The number of hydrogen-bond donors (Lipinski definition) is 3. The zero-order chi connectivity index (χ0) is 17.5. The van der Waals surface area contributed by atoms with E-state index in [0.717, 1.165) is 36.5 Å². The van der Waals surface area contributed by atoms with Crippen LogP contribution in [-0.4, -0.2) is 58.0 Å². The Balaban J connectivity index is 1.50. The summed E-state index contributed by atoms with van der Waals surface area (Å²) in [7, 11) is 0. The van der Waals surface area contributed by atoms with Gasteiger partial charge in [-0.2, -0.15) is 5.10 Å². The number of aromatic nitrogens is 2. The average Bonchev–Trinajstić information content (AvgIpc) is 3.04. The van der Waals surface area contributed by atoms with E-state index in [4.69, 9.17) is 5.84 Å². The van der Waals surface area contributed by atoms with Crippen molar-refractivity contribution in [2.75, 3.05) is 25.0 Å². The highest BCUT2D eigenvalue weighted by Crippen LogP contribution is 2.17. The molecule has 1 aliphatic heterocycles. The minimum Gasteiger partial charge on any atom is -0.391 e. The molecule has 0 spiro atoms. The Morgan fingerprint density at radius 3 is 3.04 bits per heavy atom. The Hall–Kier alpha value is -2.51. The molecule has 1 aromatic carbocycles. The molecule has 7 nitrogen and oxygen atoms in total. The molecule has 2 heterocycles. The highest BCUT2D eigenvalue weighted by Gasteiger charge is 2.24. The van der Waals surface area contributed by atoms with Crippen molar-refractivity contribution in [3.8, 4) is 0 Å². The van der Waals surface area contributed by atoms with Crippen LogP contribution in [0.25, 0.3) is 0 Å². The molecule has 1 fully saturated rings. The zero-order valence-electron chi connectivity index (χ0n) is 14.1. The lowest BCUT2D eigenvalue weighted by molar-refractivity contribution is 0.125. The Morgan fingerprint density at radius 1 is 1.40 bits per heavy atom. The fraction of sp³-hybridized carbons (Fsp3) is 0.389. The van der Waals surface area contributed by atoms with Crippen molar-refractivity contribution < 1.29 is 5.11 Å². The maximum absolute atomic E-state index is 10.3. The van der Waals surface area contributed by atoms with E-state index in [9.17, 15) is 5.11 Å². The van der Waals surface area contributed by atoms with Crippen molar-refractivity contribution in [3.05, 3.63) is 54.0 Å². The highest BCUT2D eigenvalue weighted by atomic mass is 16.3. The SMILES string of the molecule is N/N=C\c1cncnc1NC1CCN(CC(O)Cc2ccccc2)C1. The van der Waals surface area contributed by atoms with Crippen molar-refractivity contribution in [3.63, 3.8) is 0 Å². The molecule has 7 heteroatoms. The minimum atomic E-state index is -0.361. The van der Waals surface area contributed by atoms with Crippen LogP contribution in [0.5, 0.6) is 0 Å². The van der Waals surface area contributed by atoms with Crippen LogP contribution in [-0.2, 0) is 6.42 Å². The molecule has 132 valence electrons. The molecule has 1 aliphatic rings. The molecule has 0 saturated carbocycles. The summed E-state index contributed by atoms with van der Waals surface area (Å²) < 4.78 is 0. The number of anilines is 1. The molecule has 4 N–H and O–H groups in total. The number of aliphatic hydroxyl groups excluding tert-OH is 1. The normalized spacial score (nSPS) is 19.3. The molecule has 2 aromatic rings. The van der Waals surface area contributed by atoms with E-state index in [0.29, 0.717) is 13.0 Å². The number of β-amino-alcohol motifs (C(OH)–C–C–N with tert-alkyl or cyclic N) is 1. The summed E-state index contributed by atoms with van der Waals surface area (Å²) in [6, 6.07) is 10.4. The van der Waals surface area contributed by atoms with E-state index in [2.05, 4.69) is 25.3 Å². The summed E-state index contributed by atoms with van der Waals surface area (Å²) in [5, 5.41) is 17.3. The fourth-order valence-electron chi connectivity index (χ4n) is 3.19. The van der Waals surface area contributed by atoms with E-state index >= 15 is 0 Å². The molecule has 0 radical (unpaired) electrons. The lowest BCUT2D eigenvalue weighted by Crippen LogP contribution is -2.34. The molecule has 2 atom stereocenters. The topological polar surface area (TPSA) is 99.7 Å². The van der Waals surface area contributed by atoms with Crippen LogP contribution in [0.1, 0.15) is 17.5 Å². The second-order valence-electron chi connectivity index (χ2n) is 6.34. The van der Waals surface area contributed by atoms with Crippen LogP contribution in [0.2, 0.25) is 0 Å². The van der Waals surface area contributed by atoms with Crippen molar-refractivity contribution in [2.24, 2.45) is 10.9 Å². The second kappa shape index (κ2) is 8.55. The summed E-state index contributed by atoms with van der Waals surface area (Å²) in [5.74, 6) is 5.96. The number of aliphatic hydroxyl groups is 1. The van der Waals surface area contributed by atoms with Crippen LogP contribution in [0.3, 0.4) is 0 Å². The summed E-state index contributed by atoms with van der Waals surface area (Å²) in [5.41, 5.74) is 1.93. The third-order valence-corrected chi connectivity index (χ3v) is 4.35. The summed E-state index contributed by atoms with van der Waals surface area (Å²) in [6.07, 6.45) is 6.05. The van der Waals surface area contributed by atoms with Gasteiger partial charge in [0.05, 0.1) is 17.9 Å². The van der Waals surface area contributed by atoms with Gasteiger partial charge in [0.15, 0.2) is 0 Å². The first-order valence-corrected chi connectivity index (χ1v) is 8.48. The van der Waals surface area contributed by atoms with E-state index in [1.54, 1.807) is 12.4 Å². The number of hydrogen-bond acceptors (Lipinski definition) is 7. The van der Waals surface area contributed by atoms with Gasteiger partial charge < -0.3 is 16.3 Å². The predicted octanol–water partition coefficient (Wildman–Crippen LogP) is 0.859. The lowest BCUT2D eigenvalue weighted by Gasteiger charge is -2.20. The molecular formula is C18H24N6O. The van der Waals surface area contributed by atoms with Gasteiger partial charge in [-0.3, -0.25) is 4.90 Å². The number of hydrazone groups is 1. The minimum absolute atomic E-state index is 0.281. The van der Waals surface area contributed by atoms with Crippen LogP contribution in [0.15, 0.2) is 48.0 Å². The average molecular weight is 340 g/mol. The van der Waals surface area contributed by atoms with Gasteiger partial charge in [-0.05, 0) is 18.4 Å². The van der Waals surface area contributed by atoms with Crippen LogP contribution >= 0.6 is 0 Å². The Morgan fingerprint density at radius 2 is 2.24 bits per heavy atom. The Bertz CT molecular complexity index is 693. The lowest BCUT2D eigenvalue weighted by atomic mass is 10.1. The monoisotopic (exact) mass is 340 g/mol. The first kappa shape index (κ1) is 17.3. The van der Waals surface area contributed by atoms with Gasteiger partial charge in [-0.25, -0.2) is 9.97 Å². The number of likely N-dealkylation sites (tertiary alicyclic amines) is 1. The van der Waals surface area contributed by atoms with Crippen molar-refractivity contribution in [1.29, 1.82) is 0 Å². The van der Waals surface area contributed by atoms with Gasteiger partial charge in [0.25, 0.3) is 0 Å². The molecule has 1 saturated heterocycles. The number of rotatable bonds is 7. The summed E-state index contributed by atoms with van der Waals surface area (Å²) in [4.78, 5) is 10.5. The number of nitrogens with zero attached hydrogens (tertiary/aromatic N) is 4. The second-order valence-corrected chi connectivity index (χ2v) is 6.34. The molecule has 1 aromatic heterocycles. The standard InChI is InChI=1S/C18H24N6O/c19-22-10-15-9-20-13-21-18(15)23-16-6-7-24(11-16)12-17(25)8-14-4-2-1-3-5-14/h1-5,9-10,13,16-17,25H,6-8,11-12,19H2,(H,20,21,23)/b22-10-. The first-order chi connectivity index (χ1) is 12.2. The van der Waals surface area contributed by atoms with Gasteiger partial charge in [0, 0.05) is 31.9 Å². The van der Waals surface area contributed by atoms with Gasteiger partial charge >= 0.3 is 0 Å². The summed E-state index contributed by atoms with van der Waals surface area (Å²) in [6.45, 7) is 2.50. The van der Waals surface area contributed by atoms with Crippen molar-refractivity contribution in [2.45, 2.75) is 25.0 Å². The summed E-state index contributed by atoms with van der Waals surface area (Å²) >= 11 is 0. The zero-order valence-corrected chi connectivity index (χ0v) is 14.1. The van der Waals surface area contributed by atoms with Gasteiger partial charge in [-0.1, -0.05) is 30.3 Å². The van der Waals surface area contributed by atoms with Gasteiger partial charge in [0.1, 0.15) is 12.1 Å². The van der Waals surface area contributed by atoms with Crippen LogP contribution < -0.4 is 11.2 Å². The molecule has 0 bridgehead atoms. The third kappa shape index (κ3) is 4.98. The van der Waals surface area contributed by atoms with Crippen LogP contribution in [0, 0.1) is 0 Å². The quantitative estimate of drug-likeness (QED) is 0.393. The molecule has 3 rings (SSSR count). The number of benzene rings is 1. The van der Waals surface area contributed by atoms with Crippen LogP contribution in [0.4, 0.5) is 5.82 Å². The molecular weight excluding hydrogens is 316 g/mol. The first-order valence-electron chi connectivity index (χ1n) is 8.48. The molecule has 25 heavy (non-hydrogen) atoms. The predicted molar refractivity (Wildman–Crippen MR) is 98.4 cm³/mol. The number of nitrogens with one attached hydrogen (secondary N) is 1. The smallest absolute Gasteiger partial charge is 0.138 e. The highest BCUT2D eigenvalue weighted by molar-refractivity contribution is 5.85. The maximum atomic E-state index is 10.3. The van der Waals surface area contributed by atoms with Gasteiger partial charge in [-0.15, -0.1) is 0 Å². The van der Waals surface area contributed by atoms with E-state index in [1.165, 1.54) is 6.33 Å². The van der Waals surface area contributed by atoms with E-state index in [1.807, 2.05) is 30.3 Å². The maximum Gasteiger partial charge on any atom is 0.138 e.